The van der Waals surface area contributed by atoms with E-state index in [0.717, 1.165) is 28.6 Å². The van der Waals surface area contributed by atoms with Crippen molar-refractivity contribution < 1.29 is 26.9 Å². The lowest BCUT2D eigenvalue weighted by atomic mass is 10.3. The number of para-hydroxylation sites is 2. The van der Waals surface area contributed by atoms with Crippen LogP contribution in [-0.4, -0.2) is 33.1 Å². The van der Waals surface area contributed by atoms with Crippen molar-refractivity contribution in [1.29, 1.82) is 0 Å². The van der Waals surface area contributed by atoms with Crippen LogP contribution in [0.5, 0.6) is 5.75 Å². The van der Waals surface area contributed by atoms with Gasteiger partial charge in [-0.15, -0.1) is 0 Å². The van der Waals surface area contributed by atoms with Crippen LogP contribution in [-0.2, 0) is 14.8 Å². The maximum atomic E-state index is 13.3. The van der Waals surface area contributed by atoms with E-state index in [2.05, 4.69) is 10.5 Å². The van der Waals surface area contributed by atoms with Gasteiger partial charge in [0.2, 0.25) is 5.91 Å². The molecule has 152 valence electrons. The smallest absolute Gasteiger partial charge is 0.264 e. The van der Waals surface area contributed by atoms with Crippen LogP contribution in [0.2, 0.25) is 0 Å². The number of ether oxygens (including phenoxy) is 1. The molecule has 1 amide bonds. The zero-order valence-corrected chi connectivity index (χ0v) is 16.4. The largest absolute Gasteiger partial charge is 0.495 e. The highest BCUT2D eigenvalue weighted by molar-refractivity contribution is 7.92. The van der Waals surface area contributed by atoms with E-state index in [4.69, 9.17) is 9.26 Å². The van der Waals surface area contributed by atoms with E-state index in [-0.39, 0.29) is 22.2 Å². The van der Waals surface area contributed by atoms with Crippen molar-refractivity contribution in [3.05, 3.63) is 66.2 Å². The number of hydrogen-bond acceptors (Lipinski definition) is 6. The van der Waals surface area contributed by atoms with Crippen molar-refractivity contribution in [2.24, 2.45) is 0 Å². The Labute approximate surface area is 166 Å². The van der Waals surface area contributed by atoms with E-state index in [1.807, 2.05) is 0 Å². The third kappa shape index (κ3) is 4.54. The van der Waals surface area contributed by atoms with Crippen LogP contribution in [0.3, 0.4) is 0 Å². The predicted octanol–water partition coefficient (Wildman–Crippen LogP) is 2.96. The molecule has 0 aliphatic rings. The number of nitrogens with zero attached hydrogens (tertiary/aromatic N) is 2. The molecule has 2 aromatic carbocycles. The highest BCUT2D eigenvalue weighted by Crippen LogP contribution is 2.32. The molecule has 0 unspecified atom stereocenters. The van der Waals surface area contributed by atoms with Crippen molar-refractivity contribution in [3.8, 4) is 5.75 Å². The number of nitrogens with one attached hydrogen (secondary N) is 1. The van der Waals surface area contributed by atoms with Crippen molar-refractivity contribution in [2.75, 3.05) is 23.3 Å². The maximum Gasteiger partial charge on any atom is 0.264 e. The normalized spacial score (nSPS) is 11.1. The molecule has 3 aromatic rings. The summed E-state index contributed by atoms with van der Waals surface area (Å²) in [5.74, 6) is -0.322. The lowest BCUT2D eigenvalue weighted by Gasteiger charge is -2.25. The second-order valence-corrected chi connectivity index (χ2v) is 7.87. The van der Waals surface area contributed by atoms with E-state index in [1.165, 1.54) is 19.2 Å². The molecule has 0 spiro atoms. The van der Waals surface area contributed by atoms with Crippen LogP contribution in [0.1, 0.15) is 5.76 Å². The molecule has 1 heterocycles. The zero-order chi connectivity index (χ0) is 21.0. The first-order chi connectivity index (χ1) is 13.8. The van der Waals surface area contributed by atoms with Gasteiger partial charge in [-0.25, -0.2) is 12.8 Å². The first-order valence-corrected chi connectivity index (χ1v) is 9.90. The Balaban J connectivity index is 1.99. The van der Waals surface area contributed by atoms with Crippen LogP contribution < -0.4 is 14.4 Å². The van der Waals surface area contributed by atoms with E-state index >= 15 is 0 Å². The van der Waals surface area contributed by atoms with Gasteiger partial charge >= 0.3 is 0 Å². The molecular weight excluding hydrogens is 401 g/mol. The fraction of sp³-hybridized carbons (Fsp3) is 0.158. The standard InChI is InChI=1S/C19H18FN3O5S/c1-13-11-18(22-28-13)21-19(24)12-23(16-5-3-4-6-17(16)27-2)29(25,26)15-9-7-14(20)8-10-15/h3-11H,12H2,1-2H3,(H,21,22,24). The molecule has 0 saturated heterocycles. The highest BCUT2D eigenvalue weighted by Gasteiger charge is 2.29. The van der Waals surface area contributed by atoms with Gasteiger partial charge in [0, 0.05) is 6.07 Å². The summed E-state index contributed by atoms with van der Waals surface area (Å²) < 4.78 is 50.8. The second kappa shape index (κ2) is 8.31. The average molecular weight is 419 g/mol. The molecule has 8 nitrogen and oxygen atoms in total. The fourth-order valence-corrected chi connectivity index (χ4v) is 4.04. The minimum absolute atomic E-state index is 0.158. The number of sulfonamides is 1. The average Bonchev–Trinajstić information content (AvgIpc) is 3.11. The summed E-state index contributed by atoms with van der Waals surface area (Å²) >= 11 is 0. The van der Waals surface area contributed by atoms with E-state index < -0.39 is 28.3 Å². The van der Waals surface area contributed by atoms with Gasteiger partial charge in [-0.05, 0) is 43.3 Å². The summed E-state index contributed by atoms with van der Waals surface area (Å²) in [5, 5.41) is 6.14. The number of aryl methyl sites for hydroxylation is 1. The predicted molar refractivity (Wildman–Crippen MR) is 104 cm³/mol. The Morgan fingerprint density at radius 3 is 2.52 bits per heavy atom. The van der Waals surface area contributed by atoms with Crippen LogP contribution in [0.15, 0.2) is 64.0 Å². The van der Waals surface area contributed by atoms with Gasteiger partial charge in [-0.3, -0.25) is 9.10 Å². The number of anilines is 2. The van der Waals surface area contributed by atoms with Gasteiger partial charge in [0.05, 0.1) is 17.7 Å². The summed E-state index contributed by atoms with van der Waals surface area (Å²) in [4.78, 5) is 12.4. The maximum absolute atomic E-state index is 13.3. The number of benzene rings is 2. The Morgan fingerprint density at radius 1 is 1.21 bits per heavy atom. The topological polar surface area (TPSA) is 102 Å². The van der Waals surface area contributed by atoms with Crippen LogP contribution in [0.4, 0.5) is 15.9 Å². The number of aromatic nitrogens is 1. The molecular formula is C19H18FN3O5S. The number of amides is 1. The molecule has 1 aromatic heterocycles. The van der Waals surface area contributed by atoms with Crippen molar-refractivity contribution in [2.45, 2.75) is 11.8 Å². The molecule has 10 heteroatoms. The minimum atomic E-state index is -4.20. The molecule has 3 rings (SSSR count). The fourth-order valence-electron chi connectivity index (χ4n) is 2.61. The molecule has 0 atom stereocenters. The van der Waals surface area contributed by atoms with E-state index in [1.54, 1.807) is 25.1 Å². The van der Waals surface area contributed by atoms with Gasteiger partial charge in [0.15, 0.2) is 5.82 Å². The van der Waals surface area contributed by atoms with Crippen LogP contribution in [0, 0.1) is 12.7 Å². The van der Waals surface area contributed by atoms with Gasteiger partial charge in [-0.1, -0.05) is 17.3 Å². The number of carbonyl (C=O) groups is 1. The lowest BCUT2D eigenvalue weighted by molar-refractivity contribution is -0.114. The van der Waals surface area contributed by atoms with Crippen LogP contribution in [0.25, 0.3) is 0 Å². The summed E-state index contributed by atoms with van der Waals surface area (Å²) in [7, 11) is -2.81. The first-order valence-electron chi connectivity index (χ1n) is 8.46. The monoisotopic (exact) mass is 419 g/mol. The summed E-state index contributed by atoms with van der Waals surface area (Å²) in [6.45, 7) is 1.09. The number of rotatable bonds is 7. The lowest BCUT2D eigenvalue weighted by Crippen LogP contribution is -2.38. The number of methoxy groups -OCH3 is 1. The van der Waals surface area contributed by atoms with Crippen molar-refractivity contribution in [3.63, 3.8) is 0 Å². The van der Waals surface area contributed by atoms with Gasteiger partial charge in [-0.2, -0.15) is 0 Å². The molecule has 0 bridgehead atoms. The second-order valence-electron chi connectivity index (χ2n) is 6.01. The Morgan fingerprint density at radius 2 is 1.90 bits per heavy atom. The van der Waals surface area contributed by atoms with Gasteiger partial charge in [0.25, 0.3) is 10.0 Å². The van der Waals surface area contributed by atoms with Crippen molar-refractivity contribution >= 4 is 27.4 Å². The quantitative estimate of drug-likeness (QED) is 0.632. The summed E-state index contributed by atoms with van der Waals surface area (Å²) in [6.07, 6.45) is 0. The molecule has 0 radical (unpaired) electrons. The van der Waals surface area contributed by atoms with E-state index in [9.17, 15) is 17.6 Å². The summed E-state index contributed by atoms with van der Waals surface area (Å²) in [5.41, 5.74) is 0.158. The third-order valence-corrected chi connectivity index (χ3v) is 5.71. The van der Waals surface area contributed by atoms with Crippen molar-refractivity contribution in [1.82, 2.24) is 5.16 Å². The highest BCUT2D eigenvalue weighted by atomic mass is 32.2. The summed E-state index contributed by atoms with van der Waals surface area (Å²) in [6, 6.07) is 12.2. The van der Waals surface area contributed by atoms with Crippen LogP contribution >= 0.6 is 0 Å². The Kier molecular flexibility index (Phi) is 5.83. The van der Waals surface area contributed by atoms with Gasteiger partial charge < -0.3 is 14.6 Å². The Hall–Kier alpha value is -3.40. The molecule has 29 heavy (non-hydrogen) atoms. The molecule has 0 aliphatic carbocycles. The van der Waals surface area contributed by atoms with Gasteiger partial charge in [0.1, 0.15) is 23.9 Å². The number of carbonyl (C=O) groups excluding carboxylic acids is 1. The molecule has 0 saturated carbocycles. The number of hydrogen-bond donors (Lipinski definition) is 1. The molecule has 0 fully saturated rings. The Bertz CT molecular complexity index is 1110. The number of halogens is 1. The zero-order valence-electron chi connectivity index (χ0n) is 15.6. The minimum Gasteiger partial charge on any atom is -0.495 e. The SMILES string of the molecule is COc1ccccc1N(CC(=O)Nc1cc(C)on1)S(=O)(=O)c1ccc(F)cc1. The molecule has 1 N–H and O–H groups in total. The first kappa shape index (κ1) is 20.3. The van der Waals surface area contributed by atoms with E-state index in [0.29, 0.717) is 5.76 Å². The molecule has 0 aliphatic heterocycles. The third-order valence-electron chi connectivity index (χ3n) is 3.94.